The predicted molar refractivity (Wildman–Crippen MR) is 85.4 cm³/mol. The fourth-order valence-corrected chi connectivity index (χ4v) is 3.16. The molecular formula is C17H24N4O. The smallest absolute Gasteiger partial charge is 0.106 e. The van der Waals surface area contributed by atoms with Crippen molar-refractivity contribution in [3.05, 3.63) is 47.3 Å². The van der Waals surface area contributed by atoms with Gasteiger partial charge in [0.15, 0.2) is 0 Å². The van der Waals surface area contributed by atoms with Crippen LogP contribution in [0.4, 0.5) is 0 Å². The van der Waals surface area contributed by atoms with Crippen LogP contribution in [0.25, 0.3) is 0 Å². The van der Waals surface area contributed by atoms with Crippen LogP contribution in [-0.4, -0.2) is 44.2 Å². The molecule has 1 aliphatic heterocycles. The SMILES string of the molecule is CCc1nc(CN2C[C@@H](Cc3ccccn3)[C@H](O)C2)c(C)[nH]1. The number of hydrogen-bond donors (Lipinski definition) is 2. The Bertz CT molecular complexity index is 610. The topological polar surface area (TPSA) is 65.0 Å². The summed E-state index contributed by atoms with van der Waals surface area (Å²) in [5.74, 6) is 1.29. The van der Waals surface area contributed by atoms with Crippen molar-refractivity contribution >= 4 is 0 Å². The lowest BCUT2D eigenvalue weighted by atomic mass is 10.00. The largest absolute Gasteiger partial charge is 0.391 e. The fourth-order valence-electron chi connectivity index (χ4n) is 3.16. The molecule has 3 heterocycles. The Kier molecular flexibility index (Phi) is 4.55. The lowest BCUT2D eigenvalue weighted by Gasteiger charge is -2.14. The van der Waals surface area contributed by atoms with Crippen LogP contribution < -0.4 is 0 Å². The average molecular weight is 300 g/mol. The molecule has 0 aliphatic carbocycles. The number of hydrogen-bond acceptors (Lipinski definition) is 4. The lowest BCUT2D eigenvalue weighted by molar-refractivity contribution is 0.140. The monoisotopic (exact) mass is 300 g/mol. The maximum absolute atomic E-state index is 10.3. The van der Waals surface area contributed by atoms with Gasteiger partial charge in [-0.25, -0.2) is 4.98 Å². The molecule has 0 radical (unpaired) electrons. The van der Waals surface area contributed by atoms with Gasteiger partial charge in [0, 0.05) is 49.6 Å². The number of nitrogens with zero attached hydrogens (tertiary/aromatic N) is 3. The van der Waals surface area contributed by atoms with Crippen molar-refractivity contribution in [3.63, 3.8) is 0 Å². The van der Waals surface area contributed by atoms with E-state index in [9.17, 15) is 5.11 Å². The van der Waals surface area contributed by atoms with Crippen LogP contribution >= 0.6 is 0 Å². The maximum Gasteiger partial charge on any atom is 0.106 e. The third kappa shape index (κ3) is 3.36. The van der Waals surface area contributed by atoms with E-state index in [1.165, 1.54) is 0 Å². The van der Waals surface area contributed by atoms with Crippen molar-refractivity contribution in [2.75, 3.05) is 13.1 Å². The quantitative estimate of drug-likeness (QED) is 0.882. The number of pyridine rings is 1. The first-order valence-corrected chi connectivity index (χ1v) is 8.00. The first-order valence-electron chi connectivity index (χ1n) is 8.00. The Morgan fingerprint density at radius 3 is 2.91 bits per heavy atom. The molecule has 1 aliphatic rings. The zero-order valence-corrected chi connectivity index (χ0v) is 13.3. The molecule has 2 aromatic heterocycles. The highest BCUT2D eigenvalue weighted by atomic mass is 16.3. The zero-order valence-electron chi connectivity index (χ0n) is 13.3. The second kappa shape index (κ2) is 6.58. The maximum atomic E-state index is 10.3. The molecule has 1 saturated heterocycles. The summed E-state index contributed by atoms with van der Waals surface area (Å²) in [6, 6.07) is 5.95. The van der Waals surface area contributed by atoms with E-state index >= 15 is 0 Å². The third-order valence-electron chi connectivity index (χ3n) is 4.42. The summed E-state index contributed by atoms with van der Waals surface area (Å²) in [6.45, 7) is 6.58. The predicted octanol–water partition coefficient (Wildman–Crippen LogP) is 1.71. The summed E-state index contributed by atoms with van der Waals surface area (Å²) in [6.07, 6.45) is 3.28. The van der Waals surface area contributed by atoms with E-state index in [0.29, 0.717) is 6.54 Å². The number of rotatable bonds is 5. The van der Waals surface area contributed by atoms with Gasteiger partial charge in [0.2, 0.25) is 0 Å². The average Bonchev–Trinajstić information content (AvgIpc) is 3.04. The Morgan fingerprint density at radius 1 is 1.36 bits per heavy atom. The minimum absolute atomic E-state index is 0.250. The molecule has 0 unspecified atom stereocenters. The van der Waals surface area contributed by atoms with Crippen molar-refractivity contribution in [2.45, 2.75) is 39.3 Å². The summed E-state index contributed by atoms with van der Waals surface area (Å²) in [5.41, 5.74) is 3.29. The second-order valence-corrected chi connectivity index (χ2v) is 6.16. The molecule has 1 fully saturated rings. The van der Waals surface area contributed by atoms with E-state index < -0.39 is 0 Å². The first-order chi connectivity index (χ1) is 10.7. The first kappa shape index (κ1) is 15.2. The molecule has 2 atom stereocenters. The van der Waals surface area contributed by atoms with Gasteiger partial charge in [0.05, 0.1) is 11.8 Å². The fraction of sp³-hybridized carbons (Fsp3) is 0.529. The minimum atomic E-state index is -0.285. The van der Waals surface area contributed by atoms with E-state index in [1.807, 2.05) is 24.4 Å². The van der Waals surface area contributed by atoms with Crippen molar-refractivity contribution in [1.29, 1.82) is 0 Å². The standard InChI is InChI=1S/C17H24N4O/c1-3-17-19-12(2)15(20-17)10-21-9-13(16(22)11-21)8-14-6-4-5-7-18-14/h4-7,13,16,22H,3,8-11H2,1-2H3,(H,19,20)/t13-,16-/m1/s1. The highest BCUT2D eigenvalue weighted by Gasteiger charge is 2.32. The van der Waals surface area contributed by atoms with Gasteiger partial charge in [0.1, 0.15) is 5.82 Å². The number of likely N-dealkylation sites (tertiary alicyclic amines) is 1. The molecular weight excluding hydrogens is 276 g/mol. The number of nitrogens with one attached hydrogen (secondary N) is 1. The summed E-state index contributed by atoms with van der Waals surface area (Å²) < 4.78 is 0. The molecule has 0 saturated carbocycles. The Labute approximate surface area is 131 Å². The molecule has 3 rings (SSSR count). The van der Waals surface area contributed by atoms with Crippen LogP contribution in [-0.2, 0) is 19.4 Å². The van der Waals surface area contributed by atoms with Crippen LogP contribution in [0.15, 0.2) is 24.4 Å². The van der Waals surface area contributed by atoms with E-state index in [2.05, 4.69) is 33.7 Å². The second-order valence-electron chi connectivity index (χ2n) is 6.16. The Hall–Kier alpha value is -1.72. The molecule has 0 aromatic carbocycles. The molecule has 5 heteroatoms. The summed E-state index contributed by atoms with van der Waals surface area (Å²) >= 11 is 0. The molecule has 0 amide bonds. The summed E-state index contributed by atoms with van der Waals surface area (Å²) in [4.78, 5) is 14.6. The minimum Gasteiger partial charge on any atom is -0.391 e. The van der Waals surface area contributed by atoms with Crippen molar-refractivity contribution in [2.24, 2.45) is 5.92 Å². The number of aliphatic hydroxyl groups excluding tert-OH is 1. The van der Waals surface area contributed by atoms with Gasteiger partial charge in [-0.3, -0.25) is 9.88 Å². The van der Waals surface area contributed by atoms with Gasteiger partial charge in [-0.2, -0.15) is 0 Å². The number of imidazole rings is 1. The highest BCUT2D eigenvalue weighted by Crippen LogP contribution is 2.23. The van der Waals surface area contributed by atoms with Gasteiger partial charge in [0.25, 0.3) is 0 Å². The van der Waals surface area contributed by atoms with Crippen molar-refractivity contribution < 1.29 is 5.11 Å². The molecule has 5 nitrogen and oxygen atoms in total. The van der Waals surface area contributed by atoms with E-state index in [4.69, 9.17) is 0 Å². The lowest BCUT2D eigenvalue weighted by Crippen LogP contribution is -2.22. The highest BCUT2D eigenvalue weighted by molar-refractivity contribution is 5.14. The van der Waals surface area contributed by atoms with E-state index in [1.54, 1.807) is 0 Å². The molecule has 22 heavy (non-hydrogen) atoms. The molecule has 2 N–H and O–H groups in total. The van der Waals surface area contributed by atoms with Gasteiger partial charge in [-0.1, -0.05) is 13.0 Å². The van der Waals surface area contributed by atoms with Gasteiger partial charge < -0.3 is 10.1 Å². The van der Waals surface area contributed by atoms with Crippen LogP contribution in [0.5, 0.6) is 0 Å². The number of aromatic amines is 1. The number of β-amino-alcohol motifs (C(OH)–C–C–N with tert-alkyl or cyclic N) is 1. The van der Waals surface area contributed by atoms with E-state index in [-0.39, 0.29) is 12.0 Å². The van der Waals surface area contributed by atoms with E-state index in [0.717, 1.165) is 48.8 Å². The normalized spacial score (nSPS) is 22.3. The Balaban J connectivity index is 1.61. The molecule has 2 aromatic rings. The van der Waals surface area contributed by atoms with Crippen molar-refractivity contribution in [3.8, 4) is 0 Å². The molecule has 118 valence electrons. The van der Waals surface area contributed by atoms with Crippen LogP contribution in [0.1, 0.15) is 29.8 Å². The summed E-state index contributed by atoms with van der Waals surface area (Å²) in [5, 5.41) is 10.3. The summed E-state index contributed by atoms with van der Waals surface area (Å²) in [7, 11) is 0. The van der Waals surface area contributed by atoms with Crippen molar-refractivity contribution in [1.82, 2.24) is 19.9 Å². The van der Waals surface area contributed by atoms with Crippen LogP contribution in [0, 0.1) is 12.8 Å². The number of H-pyrrole nitrogens is 1. The number of aryl methyl sites for hydroxylation is 2. The molecule has 0 bridgehead atoms. The third-order valence-corrected chi connectivity index (χ3v) is 4.42. The van der Waals surface area contributed by atoms with Gasteiger partial charge >= 0.3 is 0 Å². The zero-order chi connectivity index (χ0) is 15.5. The Morgan fingerprint density at radius 2 is 2.23 bits per heavy atom. The van der Waals surface area contributed by atoms with Crippen LogP contribution in [0.2, 0.25) is 0 Å². The molecule has 0 spiro atoms. The van der Waals surface area contributed by atoms with Gasteiger partial charge in [-0.15, -0.1) is 0 Å². The number of aromatic nitrogens is 3. The number of aliphatic hydroxyl groups is 1. The van der Waals surface area contributed by atoms with Gasteiger partial charge in [-0.05, 0) is 25.5 Å². The van der Waals surface area contributed by atoms with Crippen LogP contribution in [0.3, 0.4) is 0 Å².